The van der Waals surface area contributed by atoms with Crippen LogP contribution in [0.2, 0.25) is 5.02 Å². The van der Waals surface area contributed by atoms with Crippen LogP contribution in [-0.4, -0.2) is 38.3 Å². The van der Waals surface area contributed by atoms with Crippen LogP contribution in [0.5, 0.6) is 0 Å². The van der Waals surface area contributed by atoms with Crippen molar-refractivity contribution in [2.45, 2.75) is 18.4 Å². The molecule has 0 aromatic heterocycles. The number of esters is 1. The average molecular weight is 456 g/mol. The van der Waals surface area contributed by atoms with Crippen LogP contribution in [0.1, 0.15) is 11.1 Å². The van der Waals surface area contributed by atoms with E-state index in [1.54, 1.807) is 12.1 Å². The molecular weight excluding hydrogens is 438 g/mol. The topological polar surface area (TPSA) is 145 Å². The smallest absolute Gasteiger partial charge is 0.325 e. The molecule has 0 saturated carbocycles. The van der Waals surface area contributed by atoms with Gasteiger partial charge in [0.1, 0.15) is 13.2 Å². The number of benzene rings is 2. The highest BCUT2D eigenvalue weighted by molar-refractivity contribution is 7.89. The summed E-state index contributed by atoms with van der Waals surface area (Å²) >= 11 is 5.90. The molecule has 0 heterocycles. The van der Waals surface area contributed by atoms with Gasteiger partial charge in [-0.05, 0) is 25.1 Å². The Labute approximate surface area is 177 Å². The van der Waals surface area contributed by atoms with Gasteiger partial charge in [0.15, 0.2) is 0 Å². The average Bonchev–Trinajstić information content (AvgIpc) is 2.70. The Balaban J connectivity index is 1.77. The van der Waals surface area contributed by atoms with Gasteiger partial charge in [-0.3, -0.25) is 19.7 Å². The molecule has 0 aliphatic heterocycles. The zero-order valence-electron chi connectivity index (χ0n) is 15.8. The van der Waals surface area contributed by atoms with Crippen LogP contribution in [0.4, 0.5) is 5.69 Å². The molecule has 2 N–H and O–H groups in total. The number of nitrogens with zero attached hydrogens (tertiary/aromatic N) is 1. The van der Waals surface area contributed by atoms with Crippen LogP contribution in [0.25, 0.3) is 0 Å². The molecule has 0 bridgehead atoms. The van der Waals surface area contributed by atoms with Crippen molar-refractivity contribution < 1.29 is 27.7 Å². The zero-order chi connectivity index (χ0) is 22.3. The number of aryl methyl sites for hydroxylation is 1. The molecule has 0 aliphatic rings. The molecule has 0 spiro atoms. The standard InChI is InChI=1S/C18H18ClN3O7S/c1-12-2-6-15(7-3-12)30(27,28)21-9-17(23)20-10-18(24)29-11-13-4-5-14(22(25)26)8-16(13)19/h2-8,21H,9-11H2,1H3,(H,20,23). The molecule has 2 aromatic rings. The third kappa shape index (κ3) is 6.79. The number of carbonyl (C=O) groups excluding carboxylic acids is 2. The van der Waals surface area contributed by atoms with E-state index < -0.39 is 39.9 Å². The van der Waals surface area contributed by atoms with Gasteiger partial charge in [0, 0.05) is 17.7 Å². The number of sulfonamides is 1. The molecule has 0 unspecified atom stereocenters. The van der Waals surface area contributed by atoms with E-state index in [0.29, 0.717) is 5.56 Å². The van der Waals surface area contributed by atoms with Gasteiger partial charge in [-0.25, -0.2) is 13.1 Å². The fourth-order valence-electron chi connectivity index (χ4n) is 2.17. The van der Waals surface area contributed by atoms with Crippen molar-refractivity contribution in [3.63, 3.8) is 0 Å². The van der Waals surface area contributed by atoms with E-state index in [4.69, 9.17) is 16.3 Å². The zero-order valence-corrected chi connectivity index (χ0v) is 17.3. The number of ether oxygens (including phenoxy) is 1. The van der Waals surface area contributed by atoms with Crippen LogP contribution >= 0.6 is 11.6 Å². The van der Waals surface area contributed by atoms with Gasteiger partial charge >= 0.3 is 5.97 Å². The summed E-state index contributed by atoms with van der Waals surface area (Å²) in [5.74, 6) is -1.52. The number of hydrogen-bond donors (Lipinski definition) is 2. The third-order valence-electron chi connectivity index (χ3n) is 3.82. The number of nitro groups is 1. The minimum Gasteiger partial charge on any atom is -0.459 e. The molecule has 0 aliphatic carbocycles. The Morgan fingerprint density at radius 2 is 1.80 bits per heavy atom. The van der Waals surface area contributed by atoms with Crippen molar-refractivity contribution >= 4 is 39.2 Å². The van der Waals surface area contributed by atoms with Gasteiger partial charge in [0.05, 0.1) is 21.4 Å². The van der Waals surface area contributed by atoms with E-state index in [-0.39, 0.29) is 22.2 Å². The second-order valence-electron chi connectivity index (χ2n) is 6.11. The van der Waals surface area contributed by atoms with E-state index in [1.807, 2.05) is 6.92 Å². The Kier molecular flexibility index (Phi) is 7.86. The number of hydrogen-bond acceptors (Lipinski definition) is 7. The number of carbonyl (C=O) groups is 2. The van der Waals surface area contributed by atoms with Crippen LogP contribution in [0, 0.1) is 17.0 Å². The number of non-ortho nitro benzene ring substituents is 1. The maximum atomic E-state index is 12.1. The molecule has 0 radical (unpaired) electrons. The lowest BCUT2D eigenvalue weighted by Gasteiger charge is -2.09. The van der Waals surface area contributed by atoms with Crippen molar-refractivity contribution in [1.29, 1.82) is 0 Å². The van der Waals surface area contributed by atoms with Crippen LogP contribution in [0.3, 0.4) is 0 Å². The first-order valence-corrected chi connectivity index (χ1v) is 10.4. The minimum atomic E-state index is -3.86. The predicted octanol–water partition coefficient (Wildman–Crippen LogP) is 1.69. The first-order chi connectivity index (χ1) is 14.1. The molecule has 10 nitrogen and oxygen atoms in total. The number of halogens is 1. The maximum Gasteiger partial charge on any atom is 0.325 e. The lowest BCUT2D eigenvalue weighted by Crippen LogP contribution is -2.39. The van der Waals surface area contributed by atoms with Gasteiger partial charge < -0.3 is 10.1 Å². The molecule has 2 aromatic carbocycles. The van der Waals surface area contributed by atoms with Crippen LogP contribution < -0.4 is 10.0 Å². The molecular formula is C18H18ClN3O7S. The Hall–Kier alpha value is -3.02. The summed E-state index contributed by atoms with van der Waals surface area (Å²) in [4.78, 5) is 33.6. The monoisotopic (exact) mass is 455 g/mol. The van der Waals surface area contributed by atoms with E-state index in [9.17, 15) is 28.1 Å². The van der Waals surface area contributed by atoms with Gasteiger partial charge in [-0.1, -0.05) is 29.3 Å². The van der Waals surface area contributed by atoms with Crippen LogP contribution in [0.15, 0.2) is 47.4 Å². The maximum absolute atomic E-state index is 12.1. The lowest BCUT2D eigenvalue weighted by molar-refractivity contribution is -0.384. The molecule has 1 amide bonds. The molecule has 0 saturated heterocycles. The number of amides is 1. The second-order valence-corrected chi connectivity index (χ2v) is 8.28. The Morgan fingerprint density at radius 1 is 1.13 bits per heavy atom. The van der Waals surface area contributed by atoms with E-state index in [0.717, 1.165) is 11.6 Å². The third-order valence-corrected chi connectivity index (χ3v) is 5.59. The van der Waals surface area contributed by atoms with Crippen molar-refractivity contribution in [2.75, 3.05) is 13.1 Å². The fraction of sp³-hybridized carbons (Fsp3) is 0.222. The minimum absolute atomic E-state index is 0.0142. The summed E-state index contributed by atoms with van der Waals surface area (Å²) in [6.45, 7) is 0.519. The van der Waals surface area contributed by atoms with Crippen LogP contribution in [-0.2, 0) is 31.0 Å². The highest BCUT2D eigenvalue weighted by Crippen LogP contribution is 2.23. The summed E-state index contributed by atoms with van der Waals surface area (Å²) in [6.07, 6.45) is 0. The predicted molar refractivity (Wildman–Crippen MR) is 107 cm³/mol. The van der Waals surface area contributed by atoms with Crippen molar-refractivity contribution in [1.82, 2.24) is 10.0 Å². The molecule has 0 fully saturated rings. The fourth-order valence-corrected chi connectivity index (χ4v) is 3.38. The first kappa shape index (κ1) is 23.3. The van der Waals surface area contributed by atoms with Crippen molar-refractivity contribution in [2.24, 2.45) is 0 Å². The van der Waals surface area contributed by atoms with Gasteiger partial charge in [0.2, 0.25) is 15.9 Å². The SMILES string of the molecule is Cc1ccc(S(=O)(=O)NCC(=O)NCC(=O)OCc2ccc([N+](=O)[O-])cc2Cl)cc1. The van der Waals surface area contributed by atoms with Crippen molar-refractivity contribution in [3.8, 4) is 0 Å². The number of rotatable bonds is 9. The summed E-state index contributed by atoms with van der Waals surface area (Å²) in [7, 11) is -3.86. The Bertz CT molecular complexity index is 1060. The van der Waals surface area contributed by atoms with Gasteiger partial charge in [0.25, 0.3) is 5.69 Å². The van der Waals surface area contributed by atoms with E-state index >= 15 is 0 Å². The van der Waals surface area contributed by atoms with Crippen molar-refractivity contribution in [3.05, 3.63) is 68.7 Å². The summed E-state index contributed by atoms with van der Waals surface area (Å²) in [5, 5.41) is 13.0. The van der Waals surface area contributed by atoms with E-state index in [2.05, 4.69) is 10.0 Å². The summed E-state index contributed by atoms with van der Waals surface area (Å²) < 4.78 is 31.3. The van der Waals surface area contributed by atoms with E-state index in [1.165, 1.54) is 24.3 Å². The summed E-state index contributed by atoms with van der Waals surface area (Å²) in [6, 6.07) is 9.78. The lowest BCUT2D eigenvalue weighted by atomic mass is 10.2. The molecule has 30 heavy (non-hydrogen) atoms. The highest BCUT2D eigenvalue weighted by Gasteiger charge is 2.16. The summed E-state index contributed by atoms with van der Waals surface area (Å²) in [5.41, 5.74) is 1.04. The van der Waals surface area contributed by atoms with Gasteiger partial charge in [-0.2, -0.15) is 0 Å². The largest absolute Gasteiger partial charge is 0.459 e. The number of nitro benzene ring substituents is 1. The highest BCUT2D eigenvalue weighted by atomic mass is 35.5. The normalized spacial score (nSPS) is 11.0. The molecule has 2 rings (SSSR count). The second kappa shape index (κ2) is 10.1. The Morgan fingerprint density at radius 3 is 2.40 bits per heavy atom. The molecule has 12 heteroatoms. The van der Waals surface area contributed by atoms with Gasteiger partial charge in [-0.15, -0.1) is 0 Å². The molecule has 0 atom stereocenters. The number of nitrogens with one attached hydrogen (secondary N) is 2. The molecule has 160 valence electrons. The quantitative estimate of drug-likeness (QED) is 0.332. The first-order valence-electron chi connectivity index (χ1n) is 8.50.